The molecule has 0 saturated carbocycles. The zero-order valence-electron chi connectivity index (χ0n) is 13.6. The zero-order valence-corrected chi connectivity index (χ0v) is 13.6. The van der Waals surface area contributed by atoms with Crippen LogP contribution in [0.3, 0.4) is 0 Å². The third-order valence-electron chi connectivity index (χ3n) is 3.91. The van der Waals surface area contributed by atoms with Crippen molar-refractivity contribution in [3.8, 4) is 0 Å². The van der Waals surface area contributed by atoms with Crippen molar-refractivity contribution in [2.45, 2.75) is 50.9 Å². The minimum Gasteiger partial charge on any atom is -0.444 e. The number of methoxy groups -OCH3 is 1. The van der Waals surface area contributed by atoms with Crippen molar-refractivity contribution in [1.82, 2.24) is 10.2 Å². The van der Waals surface area contributed by atoms with Gasteiger partial charge >= 0.3 is 6.09 Å². The third kappa shape index (κ3) is 4.56. The molecule has 1 N–H and O–H groups in total. The molecule has 6 nitrogen and oxygen atoms in total. The maximum Gasteiger partial charge on any atom is 0.410 e. The van der Waals surface area contributed by atoms with Crippen LogP contribution in [0.5, 0.6) is 0 Å². The predicted octanol–water partition coefficient (Wildman–Crippen LogP) is 1.39. The van der Waals surface area contributed by atoms with E-state index in [1.807, 2.05) is 20.8 Å². The largest absolute Gasteiger partial charge is 0.444 e. The van der Waals surface area contributed by atoms with E-state index in [4.69, 9.17) is 14.2 Å². The summed E-state index contributed by atoms with van der Waals surface area (Å²) in [5, 5.41) is 3.42. The minimum atomic E-state index is -0.446. The van der Waals surface area contributed by atoms with Gasteiger partial charge in [0.25, 0.3) is 0 Å². The van der Waals surface area contributed by atoms with Crippen molar-refractivity contribution < 1.29 is 19.0 Å². The van der Waals surface area contributed by atoms with Crippen LogP contribution in [0.2, 0.25) is 0 Å². The Bertz CT molecular complexity index is 357. The maximum absolute atomic E-state index is 12.1. The van der Waals surface area contributed by atoms with Gasteiger partial charge < -0.3 is 24.4 Å². The van der Waals surface area contributed by atoms with Gasteiger partial charge in [-0.15, -0.1) is 0 Å². The SMILES string of the molecule is COC[C@H]1CNCC2(CCN(C(=O)OC(C)(C)C)CC2)O1. The van der Waals surface area contributed by atoms with E-state index in [-0.39, 0.29) is 17.8 Å². The number of hydrogen-bond acceptors (Lipinski definition) is 5. The summed E-state index contributed by atoms with van der Waals surface area (Å²) in [7, 11) is 1.69. The highest BCUT2D eigenvalue weighted by atomic mass is 16.6. The number of rotatable bonds is 2. The van der Waals surface area contributed by atoms with Gasteiger partial charge in [-0.05, 0) is 33.6 Å². The Morgan fingerprint density at radius 3 is 2.62 bits per heavy atom. The van der Waals surface area contributed by atoms with Gasteiger partial charge in [-0.1, -0.05) is 0 Å². The van der Waals surface area contributed by atoms with Crippen LogP contribution in [0.1, 0.15) is 33.6 Å². The third-order valence-corrected chi connectivity index (χ3v) is 3.91. The summed E-state index contributed by atoms with van der Waals surface area (Å²) in [4.78, 5) is 13.9. The lowest BCUT2D eigenvalue weighted by Gasteiger charge is -2.46. The Morgan fingerprint density at radius 1 is 1.38 bits per heavy atom. The molecule has 2 aliphatic rings. The first-order chi connectivity index (χ1) is 9.84. The van der Waals surface area contributed by atoms with Crippen molar-refractivity contribution in [1.29, 1.82) is 0 Å². The normalized spacial score (nSPS) is 25.9. The van der Waals surface area contributed by atoms with E-state index in [1.165, 1.54) is 0 Å². The first kappa shape index (κ1) is 16.5. The van der Waals surface area contributed by atoms with Gasteiger partial charge in [0.05, 0.1) is 18.3 Å². The van der Waals surface area contributed by atoms with Crippen LogP contribution in [0.4, 0.5) is 4.79 Å². The highest BCUT2D eigenvalue weighted by Gasteiger charge is 2.41. The molecular weight excluding hydrogens is 272 g/mol. The Hall–Kier alpha value is -0.850. The molecular formula is C15H28N2O4. The van der Waals surface area contributed by atoms with Gasteiger partial charge in [-0.2, -0.15) is 0 Å². The molecule has 1 spiro atoms. The number of hydrogen-bond donors (Lipinski definition) is 1. The molecule has 2 saturated heterocycles. The van der Waals surface area contributed by atoms with Gasteiger partial charge in [0.2, 0.25) is 0 Å². The first-order valence-electron chi connectivity index (χ1n) is 7.69. The molecule has 2 aliphatic heterocycles. The van der Waals surface area contributed by atoms with Crippen LogP contribution < -0.4 is 5.32 Å². The Balaban J connectivity index is 1.86. The Morgan fingerprint density at radius 2 is 2.05 bits per heavy atom. The molecule has 0 aromatic rings. The van der Waals surface area contributed by atoms with Gasteiger partial charge in [0.1, 0.15) is 5.60 Å². The lowest BCUT2D eigenvalue weighted by Crippen LogP contribution is -2.59. The van der Waals surface area contributed by atoms with Crippen LogP contribution in [-0.4, -0.2) is 68.2 Å². The van der Waals surface area contributed by atoms with E-state index in [2.05, 4.69) is 5.32 Å². The average molecular weight is 300 g/mol. The summed E-state index contributed by atoms with van der Waals surface area (Å²) in [6.07, 6.45) is 1.53. The molecule has 2 rings (SSSR count). The number of carbonyl (C=O) groups excluding carboxylic acids is 1. The van der Waals surface area contributed by atoms with E-state index >= 15 is 0 Å². The molecule has 0 bridgehead atoms. The standard InChI is InChI=1S/C15H28N2O4/c1-14(2,3)21-13(18)17-7-5-15(6-8-17)11-16-9-12(20-15)10-19-4/h12,16H,5-11H2,1-4H3/t12-/m1/s1. The van der Waals surface area contributed by atoms with Gasteiger partial charge in [-0.3, -0.25) is 0 Å². The maximum atomic E-state index is 12.1. The highest BCUT2D eigenvalue weighted by molar-refractivity contribution is 5.68. The lowest BCUT2D eigenvalue weighted by molar-refractivity contribution is -0.154. The number of amides is 1. The summed E-state index contributed by atoms with van der Waals surface area (Å²) < 4.78 is 16.8. The number of nitrogens with zero attached hydrogens (tertiary/aromatic N) is 1. The zero-order chi connectivity index (χ0) is 15.5. The molecule has 0 aliphatic carbocycles. The molecule has 1 atom stereocenters. The van der Waals surface area contributed by atoms with Crippen LogP contribution in [-0.2, 0) is 14.2 Å². The molecule has 0 radical (unpaired) electrons. The van der Waals surface area contributed by atoms with Crippen LogP contribution in [0.15, 0.2) is 0 Å². The quantitative estimate of drug-likeness (QED) is 0.835. The summed E-state index contributed by atoms with van der Waals surface area (Å²) in [6.45, 7) is 9.29. The fraction of sp³-hybridized carbons (Fsp3) is 0.933. The summed E-state index contributed by atoms with van der Waals surface area (Å²) >= 11 is 0. The van der Waals surface area contributed by atoms with Crippen molar-refractivity contribution >= 4 is 6.09 Å². The predicted molar refractivity (Wildman–Crippen MR) is 79.4 cm³/mol. The van der Waals surface area contributed by atoms with E-state index in [0.717, 1.165) is 25.9 Å². The summed E-state index contributed by atoms with van der Waals surface area (Å²) in [6, 6.07) is 0. The number of carbonyl (C=O) groups is 1. The number of morpholine rings is 1. The molecule has 0 aromatic heterocycles. The number of ether oxygens (including phenoxy) is 3. The van der Waals surface area contributed by atoms with Crippen molar-refractivity contribution in [2.75, 3.05) is 39.9 Å². The fourth-order valence-electron chi connectivity index (χ4n) is 2.89. The average Bonchev–Trinajstić information content (AvgIpc) is 2.38. The second kappa shape index (κ2) is 6.50. The molecule has 122 valence electrons. The molecule has 2 heterocycles. The summed E-state index contributed by atoms with van der Waals surface area (Å²) in [5.41, 5.74) is -0.612. The molecule has 0 unspecified atom stereocenters. The molecule has 2 fully saturated rings. The smallest absolute Gasteiger partial charge is 0.410 e. The highest BCUT2D eigenvalue weighted by Crippen LogP contribution is 2.30. The number of piperidine rings is 1. The van der Waals surface area contributed by atoms with Crippen LogP contribution in [0.25, 0.3) is 0 Å². The van der Waals surface area contributed by atoms with Crippen molar-refractivity contribution in [3.05, 3.63) is 0 Å². The second-order valence-electron chi connectivity index (χ2n) is 6.98. The number of nitrogens with one attached hydrogen (secondary N) is 1. The minimum absolute atomic E-state index is 0.0943. The molecule has 21 heavy (non-hydrogen) atoms. The van der Waals surface area contributed by atoms with Gasteiger partial charge in [0, 0.05) is 33.3 Å². The van der Waals surface area contributed by atoms with E-state index in [1.54, 1.807) is 12.0 Å². The Kier molecular flexibility index (Phi) is 5.11. The van der Waals surface area contributed by atoms with Crippen LogP contribution >= 0.6 is 0 Å². The van der Waals surface area contributed by atoms with Gasteiger partial charge in [-0.25, -0.2) is 4.79 Å². The van der Waals surface area contributed by atoms with E-state index < -0.39 is 5.60 Å². The van der Waals surface area contributed by atoms with E-state index in [9.17, 15) is 4.79 Å². The first-order valence-corrected chi connectivity index (χ1v) is 7.69. The topological polar surface area (TPSA) is 60.0 Å². The summed E-state index contributed by atoms with van der Waals surface area (Å²) in [5.74, 6) is 0. The second-order valence-corrected chi connectivity index (χ2v) is 6.98. The van der Waals surface area contributed by atoms with E-state index in [0.29, 0.717) is 19.7 Å². The fourth-order valence-corrected chi connectivity index (χ4v) is 2.89. The van der Waals surface area contributed by atoms with Gasteiger partial charge in [0.15, 0.2) is 0 Å². The van der Waals surface area contributed by atoms with Crippen molar-refractivity contribution in [3.63, 3.8) is 0 Å². The molecule has 6 heteroatoms. The monoisotopic (exact) mass is 300 g/mol. The van der Waals surface area contributed by atoms with Crippen LogP contribution in [0, 0.1) is 0 Å². The lowest BCUT2D eigenvalue weighted by atomic mass is 9.89. The van der Waals surface area contributed by atoms with Crippen molar-refractivity contribution in [2.24, 2.45) is 0 Å². The Labute approximate surface area is 127 Å². The molecule has 1 amide bonds. The number of likely N-dealkylation sites (tertiary alicyclic amines) is 1. The molecule has 0 aromatic carbocycles.